The van der Waals surface area contributed by atoms with Crippen LogP contribution in [0.4, 0.5) is 0 Å². The Balaban J connectivity index is 1.35. The number of hydrogen-bond donors (Lipinski definition) is 1. The third kappa shape index (κ3) is 3.82. The lowest BCUT2D eigenvalue weighted by molar-refractivity contribution is 1.07. The van der Waals surface area contributed by atoms with E-state index in [4.69, 9.17) is 5.73 Å². The molecule has 0 aliphatic heterocycles. The first kappa shape index (κ1) is 22.0. The molecule has 1 heterocycles. The van der Waals surface area contributed by atoms with Crippen LogP contribution in [0.5, 0.6) is 0 Å². The van der Waals surface area contributed by atoms with E-state index < -0.39 is 0 Å². The zero-order valence-electron chi connectivity index (χ0n) is 20.3. The summed E-state index contributed by atoms with van der Waals surface area (Å²) in [5.41, 5.74) is 14.4. The highest BCUT2D eigenvalue weighted by molar-refractivity contribution is 7.26. The second kappa shape index (κ2) is 9.01. The van der Waals surface area contributed by atoms with Crippen molar-refractivity contribution in [2.45, 2.75) is 6.54 Å². The summed E-state index contributed by atoms with van der Waals surface area (Å²) in [5, 5.41) is 5.32. The monoisotopic (exact) mass is 491 g/mol. The van der Waals surface area contributed by atoms with E-state index in [0.29, 0.717) is 6.54 Å². The first-order chi connectivity index (χ1) is 18.3. The van der Waals surface area contributed by atoms with Gasteiger partial charge in [0.1, 0.15) is 0 Å². The molecule has 0 aliphatic rings. The molecule has 2 N–H and O–H groups in total. The summed E-state index contributed by atoms with van der Waals surface area (Å²) in [6.07, 6.45) is 0. The molecule has 0 unspecified atom stereocenters. The van der Waals surface area contributed by atoms with E-state index in [9.17, 15) is 0 Å². The third-order valence-electron chi connectivity index (χ3n) is 7.25. The topological polar surface area (TPSA) is 26.0 Å². The zero-order valence-corrected chi connectivity index (χ0v) is 21.1. The molecule has 0 saturated carbocycles. The van der Waals surface area contributed by atoms with Gasteiger partial charge in [-0.1, -0.05) is 103 Å². The summed E-state index contributed by atoms with van der Waals surface area (Å²) >= 11 is 1.89. The van der Waals surface area contributed by atoms with Crippen LogP contribution in [0.1, 0.15) is 5.56 Å². The lowest BCUT2D eigenvalue weighted by atomic mass is 9.95. The van der Waals surface area contributed by atoms with Crippen molar-refractivity contribution < 1.29 is 0 Å². The van der Waals surface area contributed by atoms with Crippen molar-refractivity contribution >= 4 is 42.3 Å². The average Bonchev–Trinajstić information content (AvgIpc) is 3.37. The van der Waals surface area contributed by atoms with Gasteiger partial charge in [-0.05, 0) is 74.0 Å². The summed E-state index contributed by atoms with van der Waals surface area (Å²) < 4.78 is 2.68. The van der Waals surface area contributed by atoms with Gasteiger partial charge in [0.25, 0.3) is 0 Å². The lowest BCUT2D eigenvalue weighted by Crippen LogP contribution is -1.95. The highest BCUT2D eigenvalue weighted by atomic mass is 32.1. The molecular weight excluding hydrogens is 466 g/mol. The standard InChI is InChI=1S/C35H25NS/c36-22-23-7-3-9-25(19-23)26-10-4-11-27(20-26)28-12-5-13-29(21-28)31-15-6-16-32-34-30-14-2-1-8-24(30)17-18-33(34)37-35(31)32/h1-21H,22,36H2. The Labute approximate surface area is 220 Å². The van der Waals surface area contributed by atoms with Gasteiger partial charge in [0, 0.05) is 26.7 Å². The van der Waals surface area contributed by atoms with E-state index in [-0.39, 0.29) is 0 Å². The van der Waals surface area contributed by atoms with E-state index in [2.05, 4.69) is 127 Å². The van der Waals surface area contributed by atoms with Crippen LogP contribution in [0.25, 0.3) is 64.3 Å². The van der Waals surface area contributed by atoms with Crippen LogP contribution in [-0.2, 0) is 6.54 Å². The Morgan fingerprint density at radius 3 is 1.92 bits per heavy atom. The molecule has 0 amide bonds. The van der Waals surface area contributed by atoms with Crippen molar-refractivity contribution in [1.29, 1.82) is 0 Å². The minimum atomic E-state index is 0.550. The molecule has 1 nitrogen and oxygen atoms in total. The molecule has 7 rings (SSSR count). The maximum absolute atomic E-state index is 5.88. The first-order valence-corrected chi connectivity index (χ1v) is 13.4. The molecule has 1 aromatic heterocycles. The molecule has 0 aliphatic carbocycles. The minimum absolute atomic E-state index is 0.550. The Morgan fingerprint density at radius 1 is 0.514 bits per heavy atom. The second-order valence-corrected chi connectivity index (χ2v) is 10.6. The van der Waals surface area contributed by atoms with Gasteiger partial charge in [-0.3, -0.25) is 0 Å². The van der Waals surface area contributed by atoms with Crippen molar-refractivity contribution in [3.8, 4) is 33.4 Å². The summed E-state index contributed by atoms with van der Waals surface area (Å²) in [6.45, 7) is 0.550. The molecule has 37 heavy (non-hydrogen) atoms. The molecule has 0 spiro atoms. The fourth-order valence-electron chi connectivity index (χ4n) is 5.42. The minimum Gasteiger partial charge on any atom is -0.326 e. The van der Waals surface area contributed by atoms with Gasteiger partial charge < -0.3 is 5.73 Å². The fraction of sp³-hybridized carbons (Fsp3) is 0.0286. The summed E-state index contributed by atoms with van der Waals surface area (Å²) in [6, 6.07) is 46.2. The lowest BCUT2D eigenvalue weighted by Gasteiger charge is -2.10. The van der Waals surface area contributed by atoms with Crippen LogP contribution in [0, 0.1) is 0 Å². The molecule has 7 aromatic rings. The number of thiophene rings is 1. The molecular formula is C35H25NS. The Kier molecular flexibility index (Phi) is 5.35. The van der Waals surface area contributed by atoms with Crippen molar-refractivity contribution in [1.82, 2.24) is 0 Å². The number of fused-ring (bicyclic) bond motifs is 5. The van der Waals surface area contributed by atoms with Crippen LogP contribution in [0.2, 0.25) is 0 Å². The maximum atomic E-state index is 5.88. The van der Waals surface area contributed by atoms with Gasteiger partial charge in [0.15, 0.2) is 0 Å². The maximum Gasteiger partial charge on any atom is 0.0434 e. The van der Waals surface area contributed by atoms with Gasteiger partial charge >= 0.3 is 0 Å². The predicted molar refractivity (Wildman–Crippen MR) is 161 cm³/mol. The number of hydrogen-bond acceptors (Lipinski definition) is 2. The third-order valence-corrected chi connectivity index (χ3v) is 8.46. The van der Waals surface area contributed by atoms with Crippen molar-refractivity contribution in [2.24, 2.45) is 5.73 Å². The van der Waals surface area contributed by atoms with Crippen molar-refractivity contribution in [3.63, 3.8) is 0 Å². The van der Waals surface area contributed by atoms with E-state index >= 15 is 0 Å². The van der Waals surface area contributed by atoms with E-state index in [1.165, 1.54) is 64.3 Å². The number of rotatable bonds is 4. The first-order valence-electron chi connectivity index (χ1n) is 12.6. The fourth-order valence-corrected chi connectivity index (χ4v) is 6.67. The van der Waals surface area contributed by atoms with Gasteiger partial charge in [-0.15, -0.1) is 11.3 Å². The Hall–Kier alpha value is -4.24. The molecule has 0 fully saturated rings. The Morgan fingerprint density at radius 2 is 1.14 bits per heavy atom. The average molecular weight is 492 g/mol. The van der Waals surface area contributed by atoms with Crippen molar-refractivity contribution in [2.75, 3.05) is 0 Å². The molecule has 0 atom stereocenters. The van der Waals surface area contributed by atoms with E-state index in [1.807, 2.05) is 11.3 Å². The molecule has 6 aromatic carbocycles. The normalized spacial score (nSPS) is 11.5. The Bertz CT molecular complexity index is 1930. The van der Waals surface area contributed by atoms with Gasteiger partial charge in [-0.25, -0.2) is 0 Å². The van der Waals surface area contributed by atoms with Gasteiger partial charge in [0.2, 0.25) is 0 Å². The molecule has 0 bridgehead atoms. The molecule has 176 valence electrons. The molecule has 2 heteroatoms. The smallest absolute Gasteiger partial charge is 0.0434 e. The van der Waals surface area contributed by atoms with Crippen LogP contribution in [0.15, 0.2) is 127 Å². The van der Waals surface area contributed by atoms with Crippen LogP contribution in [-0.4, -0.2) is 0 Å². The number of nitrogens with two attached hydrogens (primary N) is 1. The molecule has 0 radical (unpaired) electrons. The molecule has 0 saturated heterocycles. The van der Waals surface area contributed by atoms with Crippen LogP contribution >= 0.6 is 11.3 Å². The largest absolute Gasteiger partial charge is 0.326 e. The zero-order chi connectivity index (χ0) is 24.8. The van der Waals surface area contributed by atoms with Crippen LogP contribution in [0.3, 0.4) is 0 Å². The second-order valence-electron chi connectivity index (χ2n) is 9.51. The van der Waals surface area contributed by atoms with Crippen LogP contribution < -0.4 is 5.73 Å². The van der Waals surface area contributed by atoms with E-state index in [1.54, 1.807) is 0 Å². The number of benzene rings is 6. The summed E-state index contributed by atoms with van der Waals surface area (Å²) in [4.78, 5) is 0. The van der Waals surface area contributed by atoms with Gasteiger partial charge in [-0.2, -0.15) is 0 Å². The highest BCUT2D eigenvalue weighted by Gasteiger charge is 2.13. The summed E-state index contributed by atoms with van der Waals surface area (Å²) in [7, 11) is 0. The van der Waals surface area contributed by atoms with E-state index in [0.717, 1.165) is 5.56 Å². The van der Waals surface area contributed by atoms with Crippen molar-refractivity contribution in [3.05, 3.63) is 133 Å². The SMILES string of the molecule is NCc1cccc(-c2cccc(-c3cccc(-c4cccc5c4sc4ccc6ccccc6c45)c3)c2)c1. The summed E-state index contributed by atoms with van der Waals surface area (Å²) in [5.74, 6) is 0. The quantitative estimate of drug-likeness (QED) is 0.260. The predicted octanol–water partition coefficient (Wildman–Crippen LogP) is 9.67. The van der Waals surface area contributed by atoms with Gasteiger partial charge in [0.05, 0.1) is 0 Å². The highest BCUT2D eigenvalue weighted by Crippen LogP contribution is 2.43.